The molecule has 0 aliphatic carbocycles. The molecule has 0 unspecified atom stereocenters. The Morgan fingerprint density at radius 3 is 2.62 bits per heavy atom. The molecule has 0 N–H and O–H groups in total. The maximum atomic E-state index is 12.8. The van der Waals surface area contributed by atoms with Gasteiger partial charge in [-0.15, -0.1) is 0 Å². The predicted molar refractivity (Wildman–Crippen MR) is 65.6 cm³/mol. The van der Waals surface area contributed by atoms with Crippen molar-refractivity contribution >= 4 is 5.82 Å². The Hall–Kier alpha value is -2.58. The van der Waals surface area contributed by atoms with Crippen molar-refractivity contribution in [1.29, 1.82) is 0 Å². The molecule has 2 aromatic rings. The first-order valence-electron chi connectivity index (χ1n) is 5.74. The lowest BCUT2D eigenvalue weighted by atomic mass is 10.2. The zero-order valence-electron chi connectivity index (χ0n) is 10.8. The summed E-state index contributed by atoms with van der Waals surface area (Å²) in [6.07, 6.45) is -3.52. The molecule has 0 aliphatic heterocycles. The Labute approximate surface area is 116 Å². The van der Waals surface area contributed by atoms with Crippen LogP contribution in [0.15, 0.2) is 30.5 Å². The van der Waals surface area contributed by atoms with Gasteiger partial charge in [0.2, 0.25) is 5.82 Å². The van der Waals surface area contributed by atoms with E-state index < -0.39 is 16.7 Å². The lowest BCUT2D eigenvalue weighted by molar-refractivity contribution is -0.391. The van der Waals surface area contributed by atoms with E-state index in [1.165, 1.54) is 25.2 Å². The van der Waals surface area contributed by atoms with Gasteiger partial charge in [0.05, 0.1) is 12.6 Å². The van der Waals surface area contributed by atoms with Gasteiger partial charge in [-0.2, -0.15) is 13.2 Å². The highest BCUT2D eigenvalue weighted by molar-refractivity contribution is 5.35. The summed E-state index contributed by atoms with van der Waals surface area (Å²) in [7, 11) is 1.39. The molecule has 0 saturated heterocycles. The van der Waals surface area contributed by atoms with Crippen LogP contribution < -0.4 is 4.74 Å². The van der Waals surface area contributed by atoms with E-state index in [0.717, 1.165) is 16.8 Å². The van der Waals surface area contributed by atoms with Gasteiger partial charge in [0.15, 0.2) is 6.61 Å². The average Bonchev–Trinajstić information content (AvgIpc) is 2.77. The SMILES string of the molecule is Cn1c([N+](=O)[O-])cnc1COc1ccccc1C(F)(F)F. The number of nitro groups is 1. The molecule has 0 amide bonds. The number of nitrogens with zero attached hydrogens (tertiary/aromatic N) is 3. The molecule has 112 valence electrons. The monoisotopic (exact) mass is 301 g/mol. The number of halogens is 3. The second-order valence-electron chi connectivity index (χ2n) is 4.13. The summed E-state index contributed by atoms with van der Waals surface area (Å²) in [5.41, 5.74) is -0.909. The number of ether oxygens (including phenoxy) is 1. The van der Waals surface area contributed by atoms with E-state index in [2.05, 4.69) is 4.98 Å². The first-order valence-corrected chi connectivity index (χ1v) is 5.74. The van der Waals surface area contributed by atoms with Crippen LogP contribution >= 0.6 is 0 Å². The van der Waals surface area contributed by atoms with Crippen LogP contribution in [0.25, 0.3) is 0 Å². The van der Waals surface area contributed by atoms with Crippen molar-refractivity contribution in [2.45, 2.75) is 12.8 Å². The van der Waals surface area contributed by atoms with Crippen LogP contribution in [0.4, 0.5) is 19.0 Å². The summed E-state index contributed by atoms with van der Waals surface area (Å²) in [4.78, 5) is 13.8. The van der Waals surface area contributed by atoms with Crippen LogP contribution in [-0.2, 0) is 19.8 Å². The fraction of sp³-hybridized carbons (Fsp3) is 0.250. The molecule has 0 radical (unpaired) electrons. The lowest BCUT2D eigenvalue weighted by Gasteiger charge is -2.12. The highest BCUT2D eigenvalue weighted by Crippen LogP contribution is 2.36. The zero-order chi connectivity index (χ0) is 15.6. The first-order chi connectivity index (χ1) is 9.80. The van der Waals surface area contributed by atoms with Crippen LogP contribution in [-0.4, -0.2) is 14.5 Å². The van der Waals surface area contributed by atoms with Gasteiger partial charge in [-0.1, -0.05) is 12.1 Å². The van der Waals surface area contributed by atoms with Crippen molar-refractivity contribution in [3.05, 3.63) is 52.0 Å². The van der Waals surface area contributed by atoms with Crippen LogP contribution in [0, 0.1) is 10.1 Å². The third-order valence-electron chi connectivity index (χ3n) is 2.80. The fourth-order valence-electron chi connectivity index (χ4n) is 1.71. The van der Waals surface area contributed by atoms with E-state index in [-0.39, 0.29) is 24.0 Å². The van der Waals surface area contributed by atoms with Crippen molar-refractivity contribution < 1.29 is 22.8 Å². The summed E-state index contributed by atoms with van der Waals surface area (Å²) in [6.45, 7) is -0.308. The summed E-state index contributed by atoms with van der Waals surface area (Å²) in [5, 5.41) is 10.7. The van der Waals surface area contributed by atoms with Crippen molar-refractivity contribution in [3.8, 4) is 5.75 Å². The van der Waals surface area contributed by atoms with E-state index in [0.29, 0.717) is 0 Å². The molecule has 21 heavy (non-hydrogen) atoms. The molecule has 6 nitrogen and oxygen atoms in total. The van der Waals surface area contributed by atoms with Gasteiger partial charge in [-0.05, 0) is 17.1 Å². The smallest absolute Gasteiger partial charge is 0.419 e. The maximum absolute atomic E-state index is 12.8. The average molecular weight is 301 g/mol. The second kappa shape index (κ2) is 5.43. The zero-order valence-corrected chi connectivity index (χ0v) is 10.8. The molecule has 0 aliphatic rings. The Kier molecular flexibility index (Phi) is 3.83. The summed E-state index contributed by atoms with van der Waals surface area (Å²) >= 11 is 0. The molecule has 2 rings (SSSR count). The van der Waals surface area contributed by atoms with Crippen molar-refractivity contribution in [2.75, 3.05) is 0 Å². The Bertz CT molecular complexity index is 667. The van der Waals surface area contributed by atoms with Crippen molar-refractivity contribution in [1.82, 2.24) is 9.55 Å². The number of rotatable bonds is 4. The van der Waals surface area contributed by atoms with Gasteiger partial charge in [0.25, 0.3) is 0 Å². The minimum absolute atomic E-state index is 0.152. The number of hydrogen-bond acceptors (Lipinski definition) is 4. The topological polar surface area (TPSA) is 70.2 Å². The van der Waals surface area contributed by atoms with E-state index >= 15 is 0 Å². The second-order valence-corrected chi connectivity index (χ2v) is 4.13. The molecule has 0 spiro atoms. The lowest BCUT2D eigenvalue weighted by Crippen LogP contribution is -2.10. The van der Waals surface area contributed by atoms with Crippen LogP contribution in [0.5, 0.6) is 5.75 Å². The Morgan fingerprint density at radius 1 is 1.38 bits per heavy atom. The number of alkyl halides is 3. The van der Waals surface area contributed by atoms with E-state index in [1.54, 1.807) is 0 Å². The molecule has 0 atom stereocenters. The fourth-order valence-corrected chi connectivity index (χ4v) is 1.71. The molecule has 1 aromatic heterocycles. The normalized spacial score (nSPS) is 11.4. The van der Waals surface area contributed by atoms with Gasteiger partial charge in [-0.3, -0.25) is 0 Å². The third-order valence-corrected chi connectivity index (χ3v) is 2.80. The highest BCUT2D eigenvalue weighted by Gasteiger charge is 2.34. The third kappa shape index (κ3) is 3.12. The predicted octanol–water partition coefficient (Wildman–Crippen LogP) is 2.93. The number of para-hydroxylation sites is 1. The Morgan fingerprint density at radius 2 is 2.05 bits per heavy atom. The molecule has 0 saturated carbocycles. The van der Waals surface area contributed by atoms with Crippen LogP contribution in [0.3, 0.4) is 0 Å². The molecule has 1 heterocycles. The van der Waals surface area contributed by atoms with E-state index in [1.807, 2.05) is 0 Å². The van der Waals surface area contributed by atoms with Crippen molar-refractivity contribution in [2.24, 2.45) is 7.05 Å². The summed E-state index contributed by atoms with van der Waals surface area (Å²) in [5.74, 6) is -0.466. The largest absolute Gasteiger partial charge is 0.483 e. The van der Waals surface area contributed by atoms with Gasteiger partial charge < -0.3 is 14.9 Å². The number of hydrogen-bond donors (Lipinski definition) is 0. The molecule has 0 bridgehead atoms. The molecule has 1 aromatic carbocycles. The highest BCUT2D eigenvalue weighted by atomic mass is 19.4. The van der Waals surface area contributed by atoms with Gasteiger partial charge in [-0.25, -0.2) is 9.55 Å². The minimum atomic E-state index is -4.54. The Balaban J connectivity index is 2.20. The molecule has 0 fully saturated rings. The number of benzene rings is 1. The van der Waals surface area contributed by atoms with Gasteiger partial charge >= 0.3 is 12.0 Å². The quantitative estimate of drug-likeness (QED) is 0.643. The molecular weight excluding hydrogens is 291 g/mol. The van der Waals surface area contributed by atoms with E-state index in [4.69, 9.17) is 4.74 Å². The molecular formula is C12H10F3N3O3. The van der Waals surface area contributed by atoms with Crippen molar-refractivity contribution in [3.63, 3.8) is 0 Å². The van der Waals surface area contributed by atoms with Crippen LogP contribution in [0.1, 0.15) is 11.4 Å². The number of aromatic nitrogens is 2. The summed E-state index contributed by atoms with van der Waals surface area (Å²) < 4.78 is 44.6. The first kappa shape index (κ1) is 14.8. The van der Waals surface area contributed by atoms with Gasteiger partial charge in [0.1, 0.15) is 11.9 Å². The number of imidazole rings is 1. The molecule has 9 heteroatoms. The minimum Gasteiger partial charge on any atom is -0.483 e. The van der Waals surface area contributed by atoms with Gasteiger partial charge in [0, 0.05) is 0 Å². The maximum Gasteiger partial charge on any atom is 0.419 e. The summed E-state index contributed by atoms with van der Waals surface area (Å²) in [6, 6.07) is 4.74. The van der Waals surface area contributed by atoms with E-state index in [9.17, 15) is 23.3 Å². The standard InChI is InChI=1S/C12H10F3N3O3/c1-17-10(16-6-11(17)18(19)20)7-21-9-5-3-2-4-8(9)12(13,14)15/h2-6H,7H2,1H3. The van der Waals surface area contributed by atoms with Crippen LogP contribution in [0.2, 0.25) is 0 Å².